The highest BCUT2D eigenvalue weighted by Gasteiger charge is 2.37. The van der Waals surface area contributed by atoms with Crippen molar-refractivity contribution in [2.45, 2.75) is 6.18 Å². The number of methoxy groups -OCH3 is 1. The molecule has 0 aliphatic rings. The van der Waals surface area contributed by atoms with Crippen molar-refractivity contribution in [1.29, 1.82) is 0 Å². The Kier molecular flexibility index (Phi) is 2.94. The number of benzene rings is 1. The van der Waals surface area contributed by atoms with Gasteiger partial charge in [0, 0.05) is 11.6 Å². The molecule has 3 nitrogen and oxygen atoms in total. The molecule has 0 saturated carbocycles. The van der Waals surface area contributed by atoms with Crippen molar-refractivity contribution < 1.29 is 22.7 Å². The van der Waals surface area contributed by atoms with Gasteiger partial charge in [-0.1, -0.05) is 18.2 Å². The number of rotatable bonds is 1. The third kappa shape index (κ3) is 2.01. The summed E-state index contributed by atoms with van der Waals surface area (Å²) in [5.41, 5.74) is -1.42. The molecule has 0 N–H and O–H groups in total. The van der Waals surface area contributed by atoms with Crippen molar-refractivity contribution in [3.8, 4) is 0 Å². The summed E-state index contributed by atoms with van der Waals surface area (Å²) in [5, 5.41) is -0.118. The molecule has 1 aromatic carbocycles. The zero-order chi connectivity index (χ0) is 13.3. The third-order valence-electron chi connectivity index (χ3n) is 2.46. The number of hydrogen-bond donors (Lipinski definition) is 0. The molecule has 2 rings (SSSR count). The van der Waals surface area contributed by atoms with Crippen LogP contribution in [0.1, 0.15) is 15.9 Å². The highest BCUT2D eigenvalue weighted by molar-refractivity contribution is 5.97. The topological polar surface area (TPSA) is 39.2 Å². The minimum Gasteiger partial charge on any atom is -0.465 e. The van der Waals surface area contributed by atoms with E-state index in [0.29, 0.717) is 0 Å². The van der Waals surface area contributed by atoms with Crippen molar-refractivity contribution in [3.05, 3.63) is 41.6 Å². The van der Waals surface area contributed by atoms with E-state index in [4.69, 9.17) is 0 Å². The summed E-state index contributed by atoms with van der Waals surface area (Å²) in [7, 11) is 1.03. The monoisotopic (exact) mass is 255 g/mol. The van der Waals surface area contributed by atoms with Crippen LogP contribution < -0.4 is 0 Å². The summed E-state index contributed by atoms with van der Waals surface area (Å²) >= 11 is 0. The number of halogens is 3. The van der Waals surface area contributed by atoms with Crippen LogP contribution in [-0.2, 0) is 10.9 Å². The third-order valence-corrected chi connectivity index (χ3v) is 2.46. The second kappa shape index (κ2) is 4.29. The Balaban J connectivity index is 2.84. The normalized spacial score (nSPS) is 11.6. The number of aromatic nitrogens is 1. The number of nitrogens with zero attached hydrogens (tertiary/aromatic N) is 1. The maximum atomic E-state index is 13.0. The summed E-state index contributed by atoms with van der Waals surface area (Å²) in [4.78, 5) is 15.2. The summed E-state index contributed by atoms with van der Waals surface area (Å²) in [6, 6.07) is 5.76. The first kappa shape index (κ1) is 12.3. The molecule has 6 heteroatoms. The molecule has 18 heavy (non-hydrogen) atoms. The molecule has 0 amide bonds. The smallest absolute Gasteiger partial charge is 0.417 e. The fourth-order valence-electron chi connectivity index (χ4n) is 1.71. The highest BCUT2D eigenvalue weighted by atomic mass is 19.4. The van der Waals surface area contributed by atoms with Crippen molar-refractivity contribution >= 4 is 16.9 Å². The number of carbonyl (C=O) groups is 1. The minimum absolute atomic E-state index is 0.118. The fourth-order valence-corrected chi connectivity index (χ4v) is 1.71. The lowest BCUT2D eigenvalue weighted by molar-refractivity contribution is -0.136. The van der Waals surface area contributed by atoms with Crippen LogP contribution in [0.4, 0.5) is 13.2 Å². The molecular weight excluding hydrogens is 247 g/mol. The summed E-state index contributed by atoms with van der Waals surface area (Å²) in [6.45, 7) is 0. The van der Waals surface area contributed by atoms with Crippen LogP contribution in [0.3, 0.4) is 0 Å². The fraction of sp³-hybridized carbons (Fsp3) is 0.167. The van der Waals surface area contributed by atoms with Crippen molar-refractivity contribution in [2.24, 2.45) is 0 Å². The lowest BCUT2D eigenvalue weighted by atomic mass is 10.0. The van der Waals surface area contributed by atoms with E-state index in [1.807, 2.05) is 0 Å². The number of pyridine rings is 1. The van der Waals surface area contributed by atoms with Gasteiger partial charge in [0.2, 0.25) is 0 Å². The lowest BCUT2D eigenvalue weighted by Gasteiger charge is -2.13. The van der Waals surface area contributed by atoms with Crippen molar-refractivity contribution in [3.63, 3.8) is 0 Å². The number of fused-ring (bicyclic) bond motifs is 1. The maximum Gasteiger partial charge on any atom is 0.417 e. The molecule has 0 spiro atoms. The molecule has 2 aromatic rings. The Morgan fingerprint density at radius 2 is 1.94 bits per heavy atom. The van der Waals surface area contributed by atoms with E-state index in [-0.39, 0.29) is 10.9 Å². The molecule has 1 aromatic heterocycles. The average Bonchev–Trinajstić information content (AvgIpc) is 2.35. The summed E-state index contributed by atoms with van der Waals surface area (Å²) < 4.78 is 43.5. The Morgan fingerprint density at radius 3 is 2.56 bits per heavy atom. The van der Waals surface area contributed by atoms with Crippen LogP contribution in [0, 0.1) is 0 Å². The Morgan fingerprint density at radius 1 is 1.28 bits per heavy atom. The molecule has 0 saturated heterocycles. The van der Waals surface area contributed by atoms with Crippen LogP contribution >= 0.6 is 0 Å². The number of carbonyl (C=O) groups excluding carboxylic acids is 1. The maximum absolute atomic E-state index is 13.0. The predicted octanol–water partition coefficient (Wildman–Crippen LogP) is 3.04. The number of alkyl halides is 3. The molecule has 0 aliphatic carbocycles. The van der Waals surface area contributed by atoms with Crippen LogP contribution in [0.5, 0.6) is 0 Å². The van der Waals surface area contributed by atoms with Gasteiger partial charge in [-0.2, -0.15) is 13.2 Å². The number of hydrogen-bond acceptors (Lipinski definition) is 3. The minimum atomic E-state index is -4.65. The molecule has 0 bridgehead atoms. The van der Waals surface area contributed by atoms with Gasteiger partial charge >= 0.3 is 12.1 Å². The van der Waals surface area contributed by atoms with E-state index in [1.54, 1.807) is 6.07 Å². The van der Waals surface area contributed by atoms with E-state index < -0.39 is 23.3 Å². The van der Waals surface area contributed by atoms with Gasteiger partial charge in [-0.15, -0.1) is 0 Å². The van der Waals surface area contributed by atoms with Crippen LogP contribution in [0.2, 0.25) is 0 Å². The zero-order valence-electron chi connectivity index (χ0n) is 9.28. The van der Waals surface area contributed by atoms with Crippen molar-refractivity contribution in [1.82, 2.24) is 4.98 Å². The second-order valence-corrected chi connectivity index (χ2v) is 3.55. The van der Waals surface area contributed by atoms with Gasteiger partial charge in [-0.05, 0) is 6.07 Å². The molecule has 0 atom stereocenters. The van der Waals surface area contributed by atoms with Gasteiger partial charge < -0.3 is 4.74 Å². The molecule has 0 aliphatic heterocycles. The van der Waals surface area contributed by atoms with Gasteiger partial charge in [0.15, 0.2) is 0 Å². The van der Waals surface area contributed by atoms with Crippen LogP contribution in [0.15, 0.2) is 30.5 Å². The first-order chi connectivity index (χ1) is 8.45. The average molecular weight is 255 g/mol. The van der Waals surface area contributed by atoms with Gasteiger partial charge in [0.25, 0.3) is 0 Å². The number of ether oxygens (including phenoxy) is 1. The van der Waals surface area contributed by atoms with E-state index in [1.165, 1.54) is 18.2 Å². The SMILES string of the molecule is COC(=O)c1cnc2ccccc2c1C(F)(F)F. The second-order valence-electron chi connectivity index (χ2n) is 3.55. The standard InChI is InChI=1S/C12H8F3NO2/c1-18-11(17)8-6-16-9-5-3-2-4-7(9)10(8)12(13,14)15/h2-6H,1H3. The Bertz CT molecular complexity index is 608. The molecule has 0 fully saturated rings. The number of esters is 1. The predicted molar refractivity (Wildman–Crippen MR) is 58.1 cm³/mol. The van der Waals surface area contributed by atoms with E-state index >= 15 is 0 Å². The van der Waals surface area contributed by atoms with E-state index in [9.17, 15) is 18.0 Å². The summed E-state index contributed by atoms with van der Waals surface area (Å²) in [5.74, 6) is -1.06. The molecule has 94 valence electrons. The highest BCUT2D eigenvalue weighted by Crippen LogP contribution is 2.36. The summed E-state index contributed by atoms with van der Waals surface area (Å²) in [6.07, 6.45) is -3.76. The lowest BCUT2D eigenvalue weighted by Crippen LogP contribution is -2.15. The van der Waals surface area contributed by atoms with Gasteiger partial charge in [0.05, 0.1) is 23.8 Å². The zero-order valence-corrected chi connectivity index (χ0v) is 9.28. The van der Waals surface area contributed by atoms with Gasteiger partial charge in [0.1, 0.15) is 0 Å². The Hall–Kier alpha value is -2.11. The van der Waals surface area contributed by atoms with Gasteiger partial charge in [-0.3, -0.25) is 4.98 Å². The molecular formula is C12H8F3NO2. The van der Waals surface area contributed by atoms with Gasteiger partial charge in [-0.25, -0.2) is 4.79 Å². The molecule has 0 radical (unpaired) electrons. The molecule has 1 heterocycles. The van der Waals surface area contributed by atoms with E-state index in [2.05, 4.69) is 9.72 Å². The first-order valence-corrected chi connectivity index (χ1v) is 4.98. The van der Waals surface area contributed by atoms with Crippen LogP contribution in [-0.4, -0.2) is 18.1 Å². The van der Waals surface area contributed by atoms with E-state index in [0.717, 1.165) is 13.3 Å². The number of para-hydroxylation sites is 1. The Labute approximate surface area is 100 Å². The quantitative estimate of drug-likeness (QED) is 0.735. The molecule has 0 unspecified atom stereocenters. The van der Waals surface area contributed by atoms with Crippen LogP contribution in [0.25, 0.3) is 10.9 Å². The van der Waals surface area contributed by atoms with Crippen molar-refractivity contribution in [2.75, 3.05) is 7.11 Å². The largest absolute Gasteiger partial charge is 0.465 e. The first-order valence-electron chi connectivity index (χ1n) is 4.98.